The van der Waals surface area contributed by atoms with Crippen molar-refractivity contribution in [3.05, 3.63) is 35.9 Å². The molecule has 106 valence electrons. The van der Waals surface area contributed by atoms with E-state index in [1.54, 1.807) is 13.0 Å². The molecule has 2 atom stereocenters. The SMILES string of the molecule is CC[C@@H](C)NC(=O)N[C@H](c1ccccc1)C(F)(F)F. The molecule has 19 heavy (non-hydrogen) atoms. The van der Waals surface area contributed by atoms with Crippen molar-refractivity contribution in [2.45, 2.75) is 38.5 Å². The molecule has 0 bridgehead atoms. The van der Waals surface area contributed by atoms with Gasteiger partial charge in [-0.25, -0.2) is 4.79 Å². The highest BCUT2D eigenvalue weighted by atomic mass is 19.4. The van der Waals surface area contributed by atoms with Gasteiger partial charge in [0.2, 0.25) is 0 Å². The van der Waals surface area contributed by atoms with Crippen molar-refractivity contribution in [2.75, 3.05) is 0 Å². The maximum absolute atomic E-state index is 12.9. The summed E-state index contributed by atoms with van der Waals surface area (Å²) < 4.78 is 38.8. The summed E-state index contributed by atoms with van der Waals surface area (Å²) in [7, 11) is 0. The molecule has 0 aliphatic heterocycles. The number of hydrogen-bond donors (Lipinski definition) is 2. The molecule has 0 aliphatic rings. The fourth-order valence-corrected chi connectivity index (χ4v) is 1.50. The van der Waals surface area contributed by atoms with E-state index in [0.29, 0.717) is 6.42 Å². The summed E-state index contributed by atoms with van der Waals surface area (Å²) in [6.45, 7) is 3.56. The van der Waals surface area contributed by atoms with E-state index in [9.17, 15) is 18.0 Å². The topological polar surface area (TPSA) is 41.1 Å². The van der Waals surface area contributed by atoms with Crippen molar-refractivity contribution < 1.29 is 18.0 Å². The molecule has 2 N–H and O–H groups in total. The fraction of sp³-hybridized carbons (Fsp3) is 0.462. The van der Waals surface area contributed by atoms with Gasteiger partial charge in [-0.1, -0.05) is 37.3 Å². The first-order valence-electron chi connectivity index (χ1n) is 6.03. The van der Waals surface area contributed by atoms with Crippen LogP contribution in [0.3, 0.4) is 0 Å². The number of nitrogens with one attached hydrogen (secondary N) is 2. The van der Waals surface area contributed by atoms with Crippen LogP contribution >= 0.6 is 0 Å². The lowest BCUT2D eigenvalue weighted by molar-refractivity contribution is -0.155. The molecule has 0 radical (unpaired) electrons. The zero-order chi connectivity index (χ0) is 14.5. The monoisotopic (exact) mass is 274 g/mol. The first-order valence-corrected chi connectivity index (χ1v) is 6.03. The van der Waals surface area contributed by atoms with Crippen molar-refractivity contribution in [1.82, 2.24) is 10.6 Å². The molecule has 1 aromatic rings. The number of carbonyl (C=O) groups excluding carboxylic acids is 1. The smallest absolute Gasteiger partial charge is 0.336 e. The molecule has 2 amide bonds. The van der Waals surface area contributed by atoms with Gasteiger partial charge in [0, 0.05) is 6.04 Å². The van der Waals surface area contributed by atoms with Gasteiger partial charge < -0.3 is 10.6 Å². The minimum absolute atomic E-state index is 0.00861. The van der Waals surface area contributed by atoms with Gasteiger partial charge in [0.1, 0.15) is 0 Å². The van der Waals surface area contributed by atoms with E-state index in [1.807, 2.05) is 12.2 Å². The number of carbonyl (C=O) groups is 1. The second-order valence-corrected chi connectivity index (χ2v) is 4.31. The molecule has 0 aliphatic carbocycles. The normalized spacial score (nSPS) is 14.6. The summed E-state index contributed by atoms with van der Waals surface area (Å²) in [6, 6.07) is 4.30. The van der Waals surface area contributed by atoms with Crippen molar-refractivity contribution in [3.63, 3.8) is 0 Å². The van der Waals surface area contributed by atoms with Gasteiger partial charge in [0.05, 0.1) is 0 Å². The number of rotatable bonds is 4. The second kappa shape index (κ2) is 6.45. The van der Waals surface area contributed by atoms with E-state index in [4.69, 9.17) is 0 Å². The van der Waals surface area contributed by atoms with Crippen molar-refractivity contribution in [2.24, 2.45) is 0 Å². The van der Waals surface area contributed by atoms with Gasteiger partial charge in [-0.2, -0.15) is 13.2 Å². The highest BCUT2D eigenvalue weighted by molar-refractivity contribution is 5.74. The van der Waals surface area contributed by atoms with Gasteiger partial charge in [-0.05, 0) is 18.9 Å². The summed E-state index contributed by atoms with van der Waals surface area (Å²) in [6.07, 6.45) is -3.89. The molecule has 0 heterocycles. The molecule has 1 aromatic carbocycles. The maximum atomic E-state index is 12.9. The van der Waals surface area contributed by atoms with Gasteiger partial charge >= 0.3 is 12.2 Å². The first-order chi connectivity index (χ1) is 8.84. The Morgan fingerprint density at radius 1 is 1.21 bits per heavy atom. The lowest BCUT2D eigenvalue weighted by atomic mass is 10.1. The Bertz CT molecular complexity index is 406. The van der Waals surface area contributed by atoms with Crippen molar-refractivity contribution in [3.8, 4) is 0 Å². The second-order valence-electron chi connectivity index (χ2n) is 4.31. The Balaban J connectivity index is 2.80. The van der Waals surface area contributed by atoms with Gasteiger partial charge in [0.25, 0.3) is 0 Å². The number of hydrogen-bond acceptors (Lipinski definition) is 1. The van der Waals surface area contributed by atoms with E-state index < -0.39 is 18.2 Å². The van der Waals surface area contributed by atoms with Crippen LogP contribution in [-0.2, 0) is 0 Å². The van der Waals surface area contributed by atoms with Gasteiger partial charge in [0.15, 0.2) is 6.04 Å². The molecular weight excluding hydrogens is 257 g/mol. The van der Waals surface area contributed by atoms with E-state index in [1.165, 1.54) is 24.3 Å². The van der Waals surface area contributed by atoms with Crippen LogP contribution in [0.25, 0.3) is 0 Å². The number of alkyl halides is 3. The number of benzene rings is 1. The van der Waals surface area contributed by atoms with Crippen LogP contribution in [0.1, 0.15) is 31.9 Å². The third kappa shape index (κ3) is 4.81. The summed E-state index contributed by atoms with van der Waals surface area (Å²) >= 11 is 0. The fourth-order valence-electron chi connectivity index (χ4n) is 1.50. The highest BCUT2D eigenvalue weighted by Gasteiger charge is 2.41. The predicted molar refractivity (Wildman–Crippen MR) is 66.7 cm³/mol. The van der Waals surface area contributed by atoms with Crippen LogP contribution in [0.2, 0.25) is 0 Å². The average Bonchev–Trinajstić information content (AvgIpc) is 2.35. The zero-order valence-electron chi connectivity index (χ0n) is 10.8. The number of urea groups is 1. The molecule has 0 unspecified atom stereocenters. The standard InChI is InChI=1S/C13H17F3N2O/c1-3-9(2)17-12(19)18-11(13(14,15)16)10-7-5-4-6-8-10/h4-9,11H,3H2,1-2H3,(H2,17,18,19)/t9-,11-/m1/s1. The third-order valence-corrected chi connectivity index (χ3v) is 2.73. The Labute approximate surface area is 110 Å². The molecule has 1 rings (SSSR count). The largest absolute Gasteiger partial charge is 0.412 e. The summed E-state index contributed by atoms with van der Waals surface area (Å²) in [5.74, 6) is 0. The summed E-state index contributed by atoms with van der Waals surface area (Å²) in [4.78, 5) is 11.5. The van der Waals surface area contributed by atoms with Crippen LogP contribution in [0.15, 0.2) is 30.3 Å². The van der Waals surface area contributed by atoms with Gasteiger partial charge in [-0.15, -0.1) is 0 Å². The Hall–Kier alpha value is -1.72. The minimum atomic E-state index is -4.53. The first kappa shape index (κ1) is 15.3. The third-order valence-electron chi connectivity index (χ3n) is 2.73. The molecule has 0 fully saturated rings. The number of halogens is 3. The molecule has 0 spiro atoms. The zero-order valence-corrected chi connectivity index (χ0v) is 10.8. The maximum Gasteiger partial charge on any atom is 0.412 e. The van der Waals surface area contributed by atoms with Crippen LogP contribution in [0.4, 0.5) is 18.0 Å². The lowest BCUT2D eigenvalue weighted by Crippen LogP contribution is -2.46. The van der Waals surface area contributed by atoms with Crippen molar-refractivity contribution >= 4 is 6.03 Å². The lowest BCUT2D eigenvalue weighted by Gasteiger charge is -2.23. The summed E-state index contributed by atoms with van der Waals surface area (Å²) in [5, 5.41) is 4.42. The van der Waals surface area contributed by atoms with E-state index in [2.05, 4.69) is 5.32 Å². The Morgan fingerprint density at radius 3 is 2.26 bits per heavy atom. The number of amides is 2. The summed E-state index contributed by atoms with van der Waals surface area (Å²) in [5.41, 5.74) is 0.00861. The van der Waals surface area contributed by atoms with Crippen LogP contribution in [0.5, 0.6) is 0 Å². The van der Waals surface area contributed by atoms with Crippen LogP contribution in [0, 0.1) is 0 Å². The molecule has 3 nitrogen and oxygen atoms in total. The van der Waals surface area contributed by atoms with E-state index in [-0.39, 0.29) is 11.6 Å². The minimum Gasteiger partial charge on any atom is -0.336 e. The quantitative estimate of drug-likeness (QED) is 0.868. The van der Waals surface area contributed by atoms with Gasteiger partial charge in [-0.3, -0.25) is 0 Å². The molecule has 6 heteroatoms. The van der Waals surface area contributed by atoms with Crippen LogP contribution in [-0.4, -0.2) is 18.2 Å². The Morgan fingerprint density at radius 2 is 1.79 bits per heavy atom. The molecule has 0 saturated carbocycles. The predicted octanol–water partition coefficient (Wildman–Crippen LogP) is 3.39. The molecule has 0 aromatic heterocycles. The van der Waals surface area contributed by atoms with E-state index >= 15 is 0 Å². The Kier molecular flexibility index (Phi) is 5.20. The van der Waals surface area contributed by atoms with Crippen LogP contribution < -0.4 is 10.6 Å². The van der Waals surface area contributed by atoms with Crippen molar-refractivity contribution in [1.29, 1.82) is 0 Å². The highest BCUT2D eigenvalue weighted by Crippen LogP contribution is 2.32. The molecular formula is C13H17F3N2O. The average molecular weight is 274 g/mol. The molecule has 0 saturated heterocycles. The van der Waals surface area contributed by atoms with E-state index in [0.717, 1.165) is 0 Å².